The summed E-state index contributed by atoms with van der Waals surface area (Å²) in [5.74, 6) is 1.11. The van der Waals surface area contributed by atoms with Crippen LogP contribution in [-0.4, -0.2) is 62.8 Å². The Labute approximate surface area is 239 Å². The van der Waals surface area contributed by atoms with Crippen molar-refractivity contribution in [2.75, 3.05) is 27.4 Å². The molecule has 2 aromatic rings. The number of methoxy groups -OCH3 is 2. The van der Waals surface area contributed by atoms with Crippen LogP contribution < -0.4 is 9.47 Å². The molecular weight excluding hydrogens is 544 g/mol. The number of ether oxygens (including phenoxy) is 6. The topological polar surface area (TPSA) is 127 Å². The number of halogens is 1. The largest absolute Gasteiger partial charge is 0.509 e. The van der Waals surface area contributed by atoms with Gasteiger partial charge in [0.1, 0.15) is 24.7 Å². The molecule has 2 aliphatic rings. The molecule has 2 heterocycles. The van der Waals surface area contributed by atoms with E-state index in [1.54, 1.807) is 66.2 Å². The molecule has 0 saturated carbocycles. The van der Waals surface area contributed by atoms with Crippen LogP contribution in [-0.2, 0) is 41.0 Å². The van der Waals surface area contributed by atoms with Gasteiger partial charge in [-0.15, -0.1) is 11.6 Å². The fourth-order valence-corrected chi connectivity index (χ4v) is 3.56. The lowest BCUT2D eigenvalue weighted by Crippen LogP contribution is -2.35. The molecule has 2 aromatic carbocycles. The van der Waals surface area contributed by atoms with Gasteiger partial charge in [0.2, 0.25) is 6.10 Å². The van der Waals surface area contributed by atoms with Crippen LogP contribution in [0.15, 0.2) is 48.5 Å². The van der Waals surface area contributed by atoms with Gasteiger partial charge in [0.05, 0.1) is 20.8 Å². The standard InChI is InChI=1S/C15H18O6.C8H9ClO.C6H10O3/c1-15(2)9-20-13(16)12(15)21-14(17)19-8-10-4-6-11(18-3)7-5-10;1-10-8-4-2-7(6-9)3-5-8;1-6(2)3-9-5(8)4(6)7/h4-7,12H,8-9H2,1-3H3;2-5H,6H2,1H3;4,7H,3H2,1-2H3/t12-;;4-/m0.0/s1. The highest BCUT2D eigenvalue weighted by atomic mass is 35.5. The first kappa shape index (κ1) is 32.7. The van der Waals surface area contributed by atoms with Crippen LogP contribution in [0.3, 0.4) is 0 Å². The summed E-state index contributed by atoms with van der Waals surface area (Å²) >= 11 is 5.58. The van der Waals surface area contributed by atoms with Gasteiger partial charge in [0.15, 0.2) is 6.10 Å². The predicted molar refractivity (Wildman–Crippen MR) is 146 cm³/mol. The summed E-state index contributed by atoms with van der Waals surface area (Å²) in [6.45, 7) is 7.78. The van der Waals surface area contributed by atoms with Crippen molar-refractivity contribution in [3.63, 3.8) is 0 Å². The average Bonchev–Trinajstić information content (AvgIpc) is 3.35. The molecule has 0 aliphatic carbocycles. The molecule has 0 amide bonds. The van der Waals surface area contributed by atoms with Gasteiger partial charge in [-0.05, 0) is 35.4 Å². The lowest BCUT2D eigenvalue weighted by Gasteiger charge is -2.21. The zero-order valence-electron chi connectivity index (χ0n) is 23.6. The first-order valence-corrected chi connectivity index (χ1v) is 13.0. The zero-order chi connectivity index (χ0) is 29.9. The molecule has 0 bridgehead atoms. The summed E-state index contributed by atoms with van der Waals surface area (Å²) in [6.07, 6.45) is -2.75. The van der Waals surface area contributed by atoms with Crippen molar-refractivity contribution < 1.29 is 47.9 Å². The predicted octanol–water partition coefficient (Wildman–Crippen LogP) is 4.66. The highest BCUT2D eigenvalue weighted by Gasteiger charge is 2.47. The minimum absolute atomic E-state index is 0.0605. The summed E-state index contributed by atoms with van der Waals surface area (Å²) in [4.78, 5) is 33.7. The molecule has 4 rings (SSSR count). The third-order valence-electron chi connectivity index (χ3n) is 6.10. The summed E-state index contributed by atoms with van der Waals surface area (Å²) in [7, 11) is 3.22. The van der Waals surface area contributed by atoms with E-state index in [-0.39, 0.29) is 13.2 Å². The van der Waals surface area contributed by atoms with Crippen LogP contribution in [0.25, 0.3) is 0 Å². The van der Waals surface area contributed by atoms with E-state index in [1.807, 2.05) is 24.3 Å². The highest BCUT2D eigenvalue weighted by Crippen LogP contribution is 2.31. The molecule has 10 nitrogen and oxygen atoms in total. The Kier molecular flexibility index (Phi) is 12.1. The maximum absolute atomic E-state index is 11.7. The monoisotopic (exact) mass is 580 g/mol. The van der Waals surface area contributed by atoms with Crippen molar-refractivity contribution in [3.05, 3.63) is 59.7 Å². The van der Waals surface area contributed by atoms with Gasteiger partial charge < -0.3 is 33.5 Å². The van der Waals surface area contributed by atoms with Gasteiger partial charge in [0, 0.05) is 16.7 Å². The van der Waals surface area contributed by atoms with E-state index in [0.29, 0.717) is 12.5 Å². The molecule has 40 heavy (non-hydrogen) atoms. The summed E-state index contributed by atoms with van der Waals surface area (Å²) < 4.78 is 29.5. The molecule has 2 atom stereocenters. The normalized spacial score (nSPS) is 20.0. The number of esters is 2. The zero-order valence-corrected chi connectivity index (χ0v) is 24.4. The van der Waals surface area contributed by atoms with E-state index >= 15 is 0 Å². The fourth-order valence-electron chi connectivity index (χ4n) is 3.38. The number of aliphatic hydroxyl groups is 1. The Hall–Kier alpha value is -3.50. The molecule has 2 saturated heterocycles. The quantitative estimate of drug-likeness (QED) is 0.293. The molecule has 220 valence electrons. The minimum Gasteiger partial charge on any atom is -0.497 e. The number of carbonyl (C=O) groups is 3. The highest BCUT2D eigenvalue weighted by molar-refractivity contribution is 6.17. The van der Waals surface area contributed by atoms with Crippen LogP contribution in [0.5, 0.6) is 11.5 Å². The van der Waals surface area contributed by atoms with Crippen LogP contribution in [0, 0.1) is 10.8 Å². The van der Waals surface area contributed by atoms with Crippen molar-refractivity contribution in [2.45, 2.75) is 52.4 Å². The molecule has 2 fully saturated rings. The van der Waals surface area contributed by atoms with Crippen LogP contribution >= 0.6 is 11.6 Å². The second-order valence-electron chi connectivity index (χ2n) is 10.5. The van der Waals surface area contributed by atoms with Crippen molar-refractivity contribution in [3.8, 4) is 11.5 Å². The molecule has 0 radical (unpaired) electrons. The maximum atomic E-state index is 11.7. The van der Waals surface area contributed by atoms with Crippen molar-refractivity contribution in [1.82, 2.24) is 0 Å². The fraction of sp³-hybridized carbons (Fsp3) is 0.483. The first-order valence-electron chi connectivity index (χ1n) is 12.5. The minimum atomic E-state index is -0.933. The van der Waals surface area contributed by atoms with Crippen molar-refractivity contribution in [2.24, 2.45) is 10.8 Å². The number of aliphatic hydroxyl groups excluding tert-OH is 1. The van der Waals surface area contributed by atoms with Gasteiger partial charge >= 0.3 is 18.1 Å². The number of alkyl halides is 1. The number of carbonyl (C=O) groups excluding carboxylic acids is 3. The van der Waals surface area contributed by atoms with Crippen LogP contribution in [0.4, 0.5) is 4.79 Å². The number of rotatable bonds is 6. The molecule has 0 unspecified atom stereocenters. The Morgan fingerprint density at radius 1 is 0.850 bits per heavy atom. The van der Waals surface area contributed by atoms with Crippen molar-refractivity contribution in [1.29, 1.82) is 0 Å². The van der Waals surface area contributed by atoms with Gasteiger partial charge in [-0.25, -0.2) is 14.4 Å². The lowest BCUT2D eigenvalue weighted by molar-refractivity contribution is -0.146. The summed E-state index contributed by atoms with van der Waals surface area (Å²) in [6, 6.07) is 14.8. The Balaban J connectivity index is 0.000000243. The number of hydrogen-bond acceptors (Lipinski definition) is 10. The van der Waals surface area contributed by atoms with E-state index in [9.17, 15) is 14.4 Å². The Morgan fingerprint density at radius 3 is 1.68 bits per heavy atom. The van der Waals surface area contributed by atoms with Crippen LogP contribution in [0.2, 0.25) is 0 Å². The van der Waals surface area contributed by atoms with Crippen molar-refractivity contribution >= 4 is 29.7 Å². The van der Waals surface area contributed by atoms with E-state index in [4.69, 9.17) is 40.4 Å². The van der Waals surface area contributed by atoms with E-state index in [1.165, 1.54) is 0 Å². The third kappa shape index (κ3) is 9.60. The smallest absolute Gasteiger partial charge is 0.497 e. The van der Waals surface area contributed by atoms with Crippen LogP contribution in [0.1, 0.15) is 38.8 Å². The first-order chi connectivity index (χ1) is 18.8. The SMILES string of the molecule is CC1(C)COC(=O)[C@@H]1O.COc1ccc(CCl)cc1.COc1ccc(COC(=O)O[C@H]2C(=O)OCC2(C)C)cc1. The third-order valence-corrected chi connectivity index (χ3v) is 6.41. The van der Waals surface area contributed by atoms with E-state index < -0.39 is 41.1 Å². The Morgan fingerprint density at radius 2 is 1.32 bits per heavy atom. The molecule has 1 N–H and O–H groups in total. The van der Waals surface area contributed by atoms with Gasteiger partial charge in [-0.3, -0.25) is 0 Å². The van der Waals surface area contributed by atoms with E-state index in [0.717, 1.165) is 22.6 Å². The molecule has 0 aromatic heterocycles. The average molecular weight is 581 g/mol. The van der Waals surface area contributed by atoms with Gasteiger partial charge in [-0.1, -0.05) is 52.0 Å². The summed E-state index contributed by atoms with van der Waals surface area (Å²) in [5, 5.41) is 9.05. The molecule has 11 heteroatoms. The Bertz CT molecular complexity index is 1090. The second-order valence-corrected chi connectivity index (χ2v) is 10.7. The lowest BCUT2D eigenvalue weighted by atomic mass is 9.90. The second kappa shape index (κ2) is 14.8. The molecular formula is C29H37ClO10. The number of hydrogen-bond donors (Lipinski definition) is 1. The maximum Gasteiger partial charge on any atom is 0.509 e. The van der Waals surface area contributed by atoms with Gasteiger partial charge in [0.25, 0.3) is 0 Å². The number of cyclic esters (lactones) is 2. The van der Waals surface area contributed by atoms with E-state index in [2.05, 4.69) is 4.74 Å². The van der Waals surface area contributed by atoms with Gasteiger partial charge in [-0.2, -0.15) is 0 Å². The molecule has 0 spiro atoms. The molecule has 2 aliphatic heterocycles. The summed E-state index contributed by atoms with van der Waals surface area (Å²) in [5.41, 5.74) is 0.969. The number of benzene rings is 2.